The molecule has 0 spiro atoms. The lowest BCUT2D eigenvalue weighted by Crippen LogP contribution is -2.57. The number of piperazine rings is 1. The lowest BCUT2D eigenvalue weighted by Gasteiger charge is -2.43. The minimum Gasteiger partial charge on any atom is -0.315 e. The summed E-state index contributed by atoms with van der Waals surface area (Å²) in [5.41, 5.74) is 0.302. The van der Waals surface area contributed by atoms with Crippen LogP contribution >= 0.6 is 0 Å². The van der Waals surface area contributed by atoms with Crippen LogP contribution in [0.15, 0.2) is 0 Å². The monoisotopic (exact) mass is 213 g/mol. The summed E-state index contributed by atoms with van der Waals surface area (Å²) in [6, 6.07) is 0. The van der Waals surface area contributed by atoms with Crippen molar-refractivity contribution < 1.29 is 0 Å². The van der Waals surface area contributed by atoms with E-state index in [1.54, 1.807) is 0 Å². The zero-order valence-corrected chi connectivity index (χ0v) is 10.8. The van der Waals surface area contributed by atoms with Gasteiger partial charge in [0.1, 0.15) is 0 Å². The summed E-state index contributed by atoms with van der Waals surface area (Å²) in [7, 11) is 2.21. The zero-order chi connectivity index (χ0) is 11.3. The van der Waals surface area contributed by atoms with Gasteiger partial charge in [-0.25, -0.2) is 0 Å². The van der Waals surface area contributed by atoms with Crippen LogP contribution in [0.4, 0.5) is 0 Å². The van der Waals surface area contributed by atoms with E-state index < -0.39 is 0 Å². The molecule has 1 aliphatic heterocycles. The van der Waals surface area contributed by atoms with Crippen LogP contribution in [-0.4, -0.2) is 61.7 Å². The number of likely N-dealkylation sites (N-methyl/N-ethyl adjacent to an activating group) is 1. The molecule has 0 saturated carbocycles. The molecule has 1 rings (SSSR count). The minimum absolute atomic E-state index is 0.302. The quantitative estimate of drug-likeness (QED) is 0.688. The van der Waals surface area contributed by atoms with Crippen molar-refractivity contribution in [2.24, 2.45) is 0 Å². The number of hydrogen-bond donors (Lipinski definition) is 1. The van der Waals surface area contributed by atoms with Gasteiger partial charge in [0.05, 0.1) is 0 Å². The smallest absolute Gasteiger partial charge is 0.0278 e. The third kappa shape index (κ3) is 4.09. The fourth-order valence-electron chi connectivity index (χ4n) is 2.09. The second kappa shape index (κ2) is 5.83. The minimum atomic E-state index is 0.302. The van der Waals surface area contributed by atoms with Gasteiger partial charge < -0.3 is 10.2 Å². The first-order chi connectivity index (χ1) is 7.06. The van der Waals surface area contributed by atoms with Crippen LogP contribution < -0.4 is 5.32 Å². The Labute approximate surface area is 94.8 Å². The standard InChI is InChI=1S/C12H27N3/c1-5-6-13-11-12(2,3)15-9-7-14(4)8-10-15/h13H,5-11H2,1-4H3. The largest absolute Gasteiger partial charge is 0.315 e. The molecule has 0 aliphatic carbocycles. The molecule has 3 nitrogen and oxygen atoms in total. The van der Waals surface area contributed by atoms with Gasteiger partial charge in [-0.3, -0.25) is 4.90 Å². The average Bonchev–Trinajstić information content (AvgIpc) is 2.18. The molecule has 0 aromatic rings. The van der Waals surface area contributed by atoms with E-state index in [0.29, 0.717) is 5.54 Å². The van der Waals surface area contributed by atoms with Crippen molar-refractivity contribution >= 4 is 0 Å². The van der Waals surface area contributed by atoms with Crippen molar-refractivity contribution in [3.05, 3.63) is 0 Å². The number of nitrogens with zero attached hydrogens (tertiary/aromatic N) is 2. The van der Waals surface area contributed by atoms with Gasteiger partial charge in [0, 0.05) is 38.3 Å². The molecule has 1 N–H and O–H groups in total. The van der Waals surface area contributed by atoms with E-state index in [1.165, 1.54) is 32.6 Å². The normalized spacial score (nSPS) is 20.8. The Bertz CT molecular complexity index is 172. The lowest BCUT2D eigenvalue weighted by atomic mass is 10.0. The molecule has 0 amide bonds. The lowest BCUT2D eigenvalue weighted by molar-refractivity contribution is 0.0621. The number of hydrogen-bond acceptors (Lipinski definition) is 3. The Morgan fingerprint density at radius 2 is 1.73 bits per heavy atom. The van der Waals surface area contributed by atoms with Gasteiger partial charge >= 0.3 is 0 Å². The predicted octanol–water partition coefficient (Wildman–Crippen LogP) is 1.01. The van der Waals surface area contributed by atoms with Crippen molar-refractivity contribution in [3.8, 4) is 0 Å². The Morgan fingerprint density at radius 1 is 1.13 bits per heavy atom. The van der Waals surface area contributed by atoms with E-state index in [-0.39, 0.29) is 0 Å². The Hall–Kier alpha value is -0.120. The van der Waals surface area contributed by atoms with Crippen LogP contribution in [-0.2, 0) is 0 Å². The Kier molecular flexibility index (Phi) is 5.03. The van der Waals surface area contributed by atoms with E-state index in [2.05, 4.69) is 42.9 Å². The Balaban J connectivity index is 2.32. The van der Waals surface area contributed by atoms with Crippen LogP contribution in [0.3, 0.4) is 0 Å². The first kappa shape index (κ1) is 12.9. The van der Waals surface area contributed by atoms with E-state index in [1.807, 2.05) is 0 Å². The van der Waals surface area contributed by atoms with Gasteiger partial charge in [0.15, 0.2) is 0 Å². The highest BCUT2D eigenvalue weighted by molar-refractivity contribution is 4.86. The molecule has 0 unspecified atom stereocenters. The molecule has 15 heavy (non-hydrogen) atoms. The summed E-state index contributed by atoms with van der Waals surface area (Å²) in [5.74, 6) is 0. The summed E-state index contributed by atoms with van der Waals surface area (Å²) in [6.45, 7) is 14.0. The van der Waals surface area contributed by atoms with Gasteiger partial charge in [-0.2, -0.15) is 0 Å². The fraction of sp³-hybridized carbons (Fsp3) is 1.00. The number of nitrogens with one attached hydrogen (secondary N) is 1. The zero-order valence-electron chi connectivity index (χ0n) is 10.8. The number of rotatable bonds is 5. The molecule has 90 valence electrons. The van der Waals surface area contributed by atoms with Gasteiger partial charge in [0.25, 0.3) is 0 Å². The second-order valence-corrected chi connectivity index (χ2v) is 5.28. The summed E-state index contributed by atoms with van der Waals surface area (Å²) in [4.78, 5) is 5.02. The molecule has 0 aromatic carbocycles. The highest BCUT2D eigenvalue weighted by Crippen LogP contribution is 2.15. The van der Waals surface area contributed by atoms with E-state index in [4.69, 9.17) is 0 Å². The Morgan fingerprint density at radius 3 is 2.27 bits per heavy atom. The van der Waals surface area contributed by atoms with Crippen LogP contribution in [0.5, 0.6) is 0 Å². The maximum Gasteiger partial charge on any atom is 0.0278 e. The molecule has 1 aliphatic rings. The predicted molar refractivity (Wildman–Crippen MR) is 66.3 cm³/mol. The third-order valence-corrected chi connectivity index (χ3v) is 3.34. The second-order valence-electron chi connectivity index (χ2n) is 5.28. The van der Waals surface area contributed by atoms with Crippen LogP contribution in [0.1, 0.15) is 27.2 Å². The molecule has 0 bridgehead atoms. The van der Waals surface area contributed by atoms with E-state index in [0.717, 1.165) is 13.1 Å². The van der Waals surface area contributed by atoms with Crippen molar-refractivity contribution in [2.45, 2.75) is 32.7 Å². The molecular weight excluding hydrogens is 186 g/mol. The van der Waals surface area contributed by atoms with Crippen LogP contribution in [0.25, 0.3) is 0 Å². The summed E-state index contributed by atoms with van der Waals surface area (Å²) >= 11 is 0. The van der Waals surface area contributed by atoms with Gasteiger partial charge in [0.2, 0.25) is 0 Å². The van der Waals surface area contributed by atoms with Gasteiger partial charge in [-0.1, -0.05) is 6.92 Å². The molecular formula is C12H27N3. The molecule has 3 heteroatoms. The molecule has 0 aromatic heterocycles. The first-order valence-corrected chi connectivity index (χ1v) is 6.20. The van der Waals surface area contributed by atoms with E-state index >= 15 is 0 Å². The van der Waals surface area contributed by atoms with Crippen LogP contribution in [0, 0.1) is 0 Å². The highest BCUT2D eigenvalue weighted by atomic mass is 15.3. The average molecular weight is 213 g/mol. The van der Waals surface area contributed by atoms with Crippen molar-refractivity contribution in [3.63, 3.8) is 0 Å². The summed E-state index contributed by atoms with van der Waals surface area (Å²) in [6.07, 6.45) is 1.22. The molecule has 0 radical (unpaired) electrons. The summed E-state index contributed by atoms with van der Waals surface area (Å²) in [5, 5.41) is 3.53. The third-order valence-electron chi connectivity index (χ3n) is 3.34. The first-order valence-electron chi connectivity index (χ1n) is 6.20. The topological polar surface area (TPSA) is 18.5 Å². The van der Waals surface area contributed by atoms with Crippen molar-refractivity contribution in [1.29, 1.82) is 0 Å². The molecule has 1 fully saturated rings. The van der Waals surface area contributed by atoms with Crippen LogP contribution in [0.2, 0.25) is 0 Å². The highest BCUT2D eigenvalue weighted by Gasteiger charge is 2.28. The molecule has 0 atom stereocenters. The molecule has 1 heterocycles. The summed E-state index contributed by atoms with van der Waals surface area (Å²) < 4.78 is 0. The van der Waals surface area contributed by atoms with E-state index in [9.17, 15) is 0 Å². The molecule has 1 saturated heterocycles. The van der Waals surface area contributed by atoms with Crippen molar-refractivity contribution in [2.75, 3.05) is 46.3 Å². The maximum absolute atomic E-state index is 3.53. The van der Waals surface area contributed by atoms with Gasteiger partial charge in [-0.15, -0.1) is 0 Å². The van der Waals surface area contributed by atoms with Crippen molar-refractivity contribution in [1.82, 2.24) is 15.1 Å². The SMILES string of the molecule is CCCNCC(C)(C)N1CCN(C)CC1. The van der Waals surface area contributed by atoms with Gasteiger partial charge in [-0.05, 0) is 33.9 Å². The maximum atomic E-state index is 3.53. The fourth-order valence-corrected chi connectivity index (χ4v) is 2.09.